The monoisotopic (exact) mass is 314 g/mol. The molecule has 2 rings (SSSR count). The SMILES string of the molecule is COCCNCCn1nnnc1SCCN1CCCCC1. The maximum absolute atomic E-state index is 5.00. The van der Waals surface area contributed by atoms with Crippen molar-refractivity contribution >= 4 is 11.8 Å². The molecule has 0 aliphatic carbocycles. The van der Waals surface area contributed by atoms with Crippen molar-refractivity contribution in [3.63, 3.8) is 0 Å². The minimum absolute atomic E-state index is 0.729. The Hall–Kier alpha value is -0.700. The first-order chi connectivity index (χ1) is 10.4. The quantitative estimate of drug-likeness (QED) is 0.498. The first-order valence-corrected chi connectivity index (χ1v) is 8.69. The van der Waals surface area contributed by atoms with E-state index in [2.05, 4.69) is 25.7 Å². The minimum Gasteiger partial charge on any atom is -0.383 e. The number of hydrogen-bond acceptors (Lipinski definition) is 7. The van der Waals surface area contributed by atoms with E-state index < -0.39 is 0 Å². The van der Waals surface area contributed by atoms with Crippen molar-refractivity contribution in [1.82, 2.24) is 30.4 Å². The zero-order valence-electron chi connectivity index (χ0n) is 12.8. The van der Waals surface area contributed by atoms with Crippen molar-refractivity contribution in [3.05, 3.63) is 0 Å². The van der Waals surface area contributed by atoms with E-state index in [0.29, 0.717) is 0 Å². The first kappa shape index (κ1) is 16.7. The highest BCUT2D eigenvalue weighted by Crippen LogP contribution is 2.15. The van der Waals surface area contributed by atoms with Gasteiger partial charge in [0.1, 0.15) is 0 Å². The molecule has 8 heteroatoms. The van der Waals surface area contributed by atoms with Crippen molar-refractivity contribution in [3.8, 4) is 0 Å². The van der Waals surface area contributed by atoms with E-state index in [9.17, 15) is 0 Å². The number of methoxy groups -OCH3 is 1. The Kier molecular flexibility index (Phi) is 8.01. The number of hydrogen-bond donors (Lipinski definition) is 1. The van der Waals surface area contributed by atoms with Gasteiger partial charge in [-0.1, -0.05) is 18.2 Å². The molecule has 1 aliphatic rings. The van der Waals surface area contributed by atoms with Crippen molar-refractivity contribution in [2.75, 3.05) is 52.2 Å². The molecular weight excluding hydrogens is 288 g/mol. The lowest BCUT2D eigenvalue weighted by atomic mass is 10.1. The molecule has 0 unspecified atom stereocenters. The lowest BCUT2D eigenvalue weighted by Gasteiger charge is -2.25. The molecule has 1 saturated heterocycles. The van der Waals surface area contributed by atoms with E-state index in [-0.39, 0.29) is 0 Å². The molecule has 0 saturated carbocycles. The second-order valence-corrected chi connectivity index (χ2v) is 6.24. The average molecular weight is 314 g/mol. The Balaban J connectivity index is 1.62. The summed E-state index contributed by atoms with van der Waals surface area (Å²) in [6.07, 6.45) is 4.07. The van der Waals surface area contributed by atoms with Crippen LogP contribution in [0.25, 0.3) is 0 Å². The van der Waals surface area contributed by atoms with Crippen LogP contribution in [-0.4, -0.2) is 77.3 Å². The van der Waals surface area contributed by atoms with Crippen LogP contribution in [0.1, 0.15) is 19.3 Å². The van der Waals surface area contributed by atoms with Crippen LogP contribution in [0.4, 0.5) is 0 Å². The van der Waals surface area contributed by atoms with Crippen LogP contribution in [0.2, 0.25) is 0 Å². The van der Waals surface area contributed by atoms with Crippen LogP contribution in [0.3, 0.4) is 0 Å². The molecule has 0 bridgehead atoms. The Morgan fingerprint density at radius 1 is 1.19 bits per heavy atom. The number of likely N-dealkylation sites (tertiary alicyclic amines) is 1. The number of tetrazole rings is 1. The van der Waals surface area contributed by atoms with Gasteiger partial charge in [-0.2, -0.15) is 0 Å². The van der Waals surface area contributed by atoms with Gasteiger partial charge in [-0.25, -0.2) is 4.68 Å². The van der Waals surface area contributed by atoms with Crippen molar-refractivity contribution < 1.29 is 4.74 Å². The molecule has 2 heterocycles. The minimum atomic E-state index is 0.729. The third-order valence-electron chi connectivity index (χ3n) is 3.57. The smallest absolute Gasteiger partial charge is 0.209 e. The third-order valence-corrected chi connectivity index (χ3v) is 4.51. The van der Waals surface area contributed by atoms with Crippen molar-refractivity contribution in [2.24, 2.45) is 0 Å². The topological polar surface area (TPSA) is 68.1 Å². The van der Waals surface area contributed by atoms with Crippen LogP contribution < -0.4 is 5.32 Å². The predicted molar refractivity (Wildman–Crippen MR) is 83.6 cm³/mol. The van der Waals surface area contributed by atoms with Gasteiger partial charge in [0.25, 0.3) is 0 Å². The summed E-state index contributed by atoms with van der Waals surface area (Å²) in [4.78, 5) is 2.54. The molecule has 1 fully saturated rings. The van der Waals surface area contributed by atoms with E-state index in [1.54, 1.807) is 18.9 Å². The number of rotatable bonds is 10. The van der Waals surface area contributed by atoms with Gasteiger partial charge in [0.15, 0.2) is 0 Å². The number of thioether (sulfide) groups is 1. The summed E-state index contributed by atoms with van der Waals surface area (Å²) in [6, 6.07) is 0. The average Bonchev–Trinajstić information content (AvgIpc) is 2.96. The molecule has 0 aromatic carbocycles. The fourth-order valence-electron chi connectivity index (χ4n) is 2.37. The summed E-state index contributed by atoms with van der Waals surface area (Å²) in [5, 5.41) is 16.2. The third kappa shape index (κ3) is 6.29. The van der Waals surface area contributed by atoms with Gasteiger partial charge in [-0.15, -0.1) is 5.10 Å². The Morgan fingerprint density at radius 3 is 2.86 bits per heavy atom. The Morgan fingerprint density at radius 2 is 2.05 bits per heavy atom. The zero-order valence-corrected chi connectivity index (χ0v) is 13.6. The highest BCUT2D eigenvalue weighted by atomic mass is 32.2. The number of nitrogens with zero attached hydrogens (tertiary/aromatic N) is 5. The van der Waals surface area contributed by atoms with Gasteiger partial charge < -0.3 is 15.0 Å². The Labute approximate surface area is 130 Å². The zero-order chi connectivity index (χ0) is 14.8. The number of ether oxygens (including phenoxy) is 1. The maximum atomic E-state index is 5.00. The van der Waals surface area contributed by atoms with Crippen LogP contribution in [0, 0.1) is 0 Å². The standard InChI is InChI=1S/C13H26N6OS/c1-20-11-6-14-5-9-19-13(15-16-17-19)21-12-10-18-7-3-2-4-8-18/h14H,2-12H2,1H3. The van der Waals surface area contributed by atoms with Crippen molar-refractivity contribution in [2.45, 2.75) is 31.0 Å². The van der Waals surface area contributed by atoms with E-state index in [0.717, 1.165) is 43.7 Å². The molecule has 1 aromatic rings. The lowest BCUT2D eigenvalue weighted by Crippen LogP contribution is -2.31. The summed E-state index contributed by atoms with van der Waals surface area (Å²) < 4.78 is 6.87. The second kappa shape index (κ2) is 10.1. The highest BCUT2D eigenvalue weighted by Gasteiger charge is 2.11. The molecule has 0 spiro atoms. The molecule has 0 atom stereocenters. The van der Waals surface area contributed by atoms with E-state index in [1.165, 1.54) is 32.4 Å². The summed E-state index contributed by atoms with van der Waals surface area (Å²) in [5.41, 5.74) is 0. The largest absolute Gasteiger partial charge is 0.383 e. The first-order valence-electron chi connectivity index (χ1n) is 7.71. The normalized spacial score (nSPS) is 16.4. The predicted octanol–water partition coefficient (Wildman–Crippen LogP) is 0.487. The highest BCUT2D eigenvalue weighted by molar-refractivity contribution is 7.99. The van der Waals surface area contributed by atoms with Gasteiger partial charge in [0.2, 0.25) is 5.16 Å². The second-order valence-electron chi connectivity index (χ2n) is 5.18. The van der Waals surface area contributed by atoms with Gasteiger partial charge in [0.05, 0.1) is 13.2 Å². The molecule has 120 valence electrons. The van der Waals surface area contributed by atoms with Crippen LogP contribution in [-0.2, 0) is 11.3 Å². The molecular formula is C13H26N6OS. The van der Waals surface area contributed by atoms with E-state index in [1.807, 2.05) is 4.68 Å². The molecule has 0 amide bonds. The molecule has 1 N–H and O–H groups in total. The van der Waals surface area contributed by atoms with E-state index >= 15 is 0 Å². The van der Waals surface area contributed by atoms with Crippen molar-refractivity contribution in [1.29, 1.82) is 0 Å². The Bertz CT molecular complexity index is 382. The van der Waals surface area contributed by atoms with Crippen LogP contribution in [0.15, 0.2) is 5.16 Å². The number of piperidine rings is 1. The summed E-state index contributed by atoms with van der Waals surface area (Å²) in [5.74, 6) is 1.05. The molecule has 21 heavy (non-hydrogen) atoms. The summed E-state index contributed by atoms with van der Waals surface area (Å²) >= 11 is 1.75. The molecule has 1 aliphatic heterocycles. The number of aromatic nitrogens is 4. The van der Waals surface area contributed by atoms with Crippen LogP contribution in [0.5, 0.6) is 0 Å². The fourth-order valence-corrected chi connectivity index (χ4v) is 3.28. The van der Waals surface area contributed by atoms with Gasteiger partial charge in [-0.3, -0.25) is 0 Å². The maximum Gasteiger partial charge on any atom is 0.209 e. The summed E-state index contributed by atoms with van der Waals surface area (Å²) in [7, 11) is 1.71. The van der Waals surface area contributed by atoms with Crippen LogP contribution >= 0.6 is 11.8 Å². The number of nitrogens with one attached hydrogen (secondary N) is 1. The molecule has 1 aromatic heterocycles. The molecule has 7 nitrogen and oxygen atoms in total. The van der Waals surface area contributed by atoms with Gasteiger partial charge >= 0.3 is 0 Å². The molecule has 0 radical (unpaired) electrons. The summed E-state index contributed by atoms with van der Waals surface area (Å²) in [6.45, 7) is 6.85. The van der Waals surface area contributed by atoms with Gasteiger partial charge in [0, 0.05) is 32.5 Å². The van der Waals surface area contributed by atoms with Gasteiger partial charge in [-0.05, 0) is 36.4 Å². The lowest BCUT2D eigenvalue weighted by molar-refractivity contribution is 0.199. The fraction of sp³-hybridized carbons (Fsp3) is 0.923. The van der Waals surface area contributed by atoms with E-state index in [4.69, 9.17) is 4.74 Å².